The summed E-state index contributed by atoms with van der Waals surface area (Å²) >= 11 is 5.58. The summed E-state index contributed by atoms with van der Waals surface area (Å²) in [6, 6.07) is 4.07. The molecular formula is C13H18ClNO2. The van der Waals surface area contributed by atoms with Crippen molar-refractivity contribution in [3.05, 3.63) is 28.8 Å². The Kier molecular flexibility index (Phi) is 4.97. The molecule has 0 aliphatic rings. The lowest BCUT2D eigenvalue weighted by Crippen LogP contribution is -2.32. The number of hydrogen-bond donors (Lipinski definition) is 0. The van der Waals surface area contributed by atoms with Crippen molar-refractivity contribution < 1.29 is 9.63 Å². The summed E-state index contributed by atoms with van der Waals surface area (Å²) in [5.41, 5.74) is 4.07. The number of carbonyl (C=O) groups excluding carboxylic acids is 1. The fourth-order valence-electron chi connectivity index (χ4n) is 1.94. The zero-order valence-corrected chi connectivity index (χ0v) is 11.5. The number of aryl methyl sites for hydroxylation is 2. The van der Waals surface area contributed by atoms with Crippen LogP contribution in [-0.4, -0.2) is 18.9 Å². The second kappa shape index (κ2) is 6.03. The molecule has 0 bridgehead atoms. The molecule has 0 aliphatic carbocycles. The fraction of sp³-hybridized carbons (Fsp3) is 0.462. The van der Waals surface area contributed by atoms with Crippen molar-refractivity contribution in [1.82, 2.24) is 0 Å². The van der Waals surface area contributed by atoms with Gasteiger partial charge in [-0.3, -0.25) is 9.63 Å². The van der Waals surface area contributed by atoms with E-state index in [0.717, 1.165) is 23.2 Å². The van der Waals surface area contributed by atoms with E-state index in [9.17, 15) is 4.79 Å². The van der Waals surface area contributed by atoms with E-state index in [-0.39, 0.29) is 11.8 Å². The molecular weight excluding hydrogens is 238 g/mol. The Balaban J connectivity index is 3.31. The summed E-state index contributed by atoms with van der Waals surface area (Å²) in [6.45, 7) is 6.03. The molecule has 4 heteroatoms. The van der Waals surface area contributed by atoms with E-state index in [1.54, 1.807) is 0 Å². The van der Waals surface area contributed by atoms with Gasteiger partial charge in [0.05, 0.1) is 12.8 Å². The van der Waals surface area contributed by atoms with E-state index < -0.39 is 0 Å². The molecule has 1 aromatic carbocycles. The third kappa shape index (κ3) is 2.79. The van der Waals surface area contributed by atoms with Crippen molar-refractivity contribution in [2.45, 2.75) is 27.2 Å². The van der Waals surface area contributed by atoms with Gasteiger partial charge in [-0.15, -0.1) is 11.6 Å². The molecule has 94 valence electrons. The number of carbonyl (C=O) groups is 1. The third-order valence-electron chi connectivity index (χ3n) is 2.85. The van der Waals surface area contributed by atoms with Crippen LogP contribution < -0.4 is 5.06 Å². The number of halogens is 1. The summed E-state index contributed by atoms with van der Waals surface area (Å²) < 4.78 is 0. The molecule has 0 atom stereocenters. The number of hydroxylamine groups is 1. The predicted octanol–water partition coefficient (Wildman–Crippen LogP) is 3.00. The van der Waals surface area contributed by atoms with Crippen LogP contribution in [0.15, 0.2) is 12.1 Å². The quantitative estimate of drug-likeness (QED) is 0.611. The Bertz CT molecular complexity index is 418. The van der Waals surface area contributed by atoms with Crippen LogP contribution in [0, 0.1) is 13.8 Å². The molecule has 3 nitrogen and oxygen atoms in total. The summed E-state index contributed by atoms with van der Waals surface area (Å²) in [7, 11) is 1.47. The normalized spacial score (nSPS) is 10.4. The fourth-order valence-corrected chi connectivity index (χ4v) is 2.05. The summed E-state index contributed by atoms with van der Waals surface area (Å²) in [5, 5.41) is 1.27. The maximum Gasteiger partial charge on any atom is 0.265 e. The lowest BCUT2D eigenvalue weighted by Gasteiger charge is -2.24. The Hall–Kier alpha value is -1.06. The SMILES string of the molecule is CCc1ccc(C)c(N(OC)C(=O)CCl)c1C. The Morgan fingerprint density at radius 1 is 1.41 bits per heavy atom. The highest BCUT2D eigenvalue weighted by molar-refractivity contribution is 6.29. The number of rotatable bonds is 4. The van der Waals surface area contributed by atoms with E-state index in [1.165, 1.54) is 17.7 Å². The minimum Gasteiger partial charge on any atom is -0.271 e. The van der Waals surface area contributed by atoms with Crippen LogP contribution in [0.1, 0.15) is 23.6 Å². The molecule has 0 unspecified atom stereocenters. The average Bonchev–Trinajstić information content (AvgIpc) is 2.33. The first-order chi connectivity index (χ1) is 8.06. The molecule has 0 saturated carbocycles. The Morgan fingerprint density at radius 3 is 2.53 bits per heavy atom. The molecule has 0 aliphatic heterocycles. The van der Waals surface area contributed by atoms with Crippen molar-refractivity contribution in [2.75, 3.05) is 18.1 Å². The molecule has 0 saturated heterocycles. The third-order valence-corrected chi connectivity index (χ3v) is 3.08. The van der Waals surface area contributed by atoms with E-state index in [1.807, 2.05) is 19.9 Å². The molecule has 0 spiro atoms. The van der Waals surface area contributed by atoms with Crippen molar-refractivity contribution in [2.24, 2.45) is 0 Å². The van der Waals surface area contributed by atoms with Gasteiger partial charge in [-0.05, 0) is 37.0 Å². The number of benzene rings is 1. The van der Waals surface area contributed by atoms with Gasteiger partial charge in [0.25, 0.3) is 5.91 Å². The highest BCUT2D eigenvalue weighted by atomic mass is 35.5. The summed E-state index contributed by atoms with van der Waals surface area (Å²) in [5.74, 6) is -0.350. The number of nitrogens with zero attached hydrogens (tertiary/aromatic N) is 1. The first-order valence-corrected chi connectivity index (χ1v) is 6.12. The van der Waals surface area contributed by atoms with Crippen LogP contribution in [-0.2, 0) is 16.1 Å². The van der Waals surface area contributed by atoms with Crippen LogP contribution in [0.5, 0.6) is 0 Å². The number of anilines is 1. The van der Waals surface area contributed by atoms with Gasteiger partial charge in [0.2, 0.25) is 0 Å². The van der Waals surface area contributed by atoms with Gasteiger partial charge < -0.3 is 0 Å². The van der Waals surface area contributed by atoms with E-state index >= 15 is 0 Å². The first kappa shape index (κ1) is 14.0. The highest BCUT2D eigenvalue weighted by Gasteiger charge is 2.19. The topological polar surface area (TPSA) is 29.5 Å². The number of alkyl halides is 1. The van der Waals surface area contributed by atoms with Gasteiger partial charge in [0.1, 0.15) is 5.88 Å². The Labute approximate surface area is 107 Å². The minimum absolute atomic E-state index is 0.0942. The van der Waals surface area contributed by atoms with E-state index in [2.05, 4.69) is 13.0 Å². The molecule has 1 amide bonds. The monoisotopic (exact) mass is 255 g/mol. The smallest absolute Gasteiger partial charge is 0.265 e. The van der Waals surface area contributed by atoms with Gasteiger partial charge in [0.15, 0.2) is 0 Å². The van der Waals surface area contributed by atoms with Gasteiger partial charge in [-0.25, -0.2) is 0 Å². The van der Waals surface area contributed by atoms with E-state index in [4.69, 9.17) is 16.4 Å². The van der Waals surface area contributed by atoms with Gasteiger partial charge in [-0.2, -0.15) is 5.06 Å². The summed E-state index contributed by atoms with van der Waals surface area (Å²) in [4.78, 5) is 16.9. The molecule has 0 fully saturated rings. The molecule has 1 aromatic rings. The van der Waals surface area contributed by atoms with E-state index in [0.29, 0.717) is 0 Å². The first-order valence-electron chi connectivity index (χ1n) is 5.58. The van der Waals surface area contributed by atoms with Crippen LogP contribution in [0.3, 0.4) is 0 Å². The van der Waals surface area contributed by atoms with Crippen molar-refractivity contribution in [1.29, 1.82) is 0 Å². The molecule has 0 heterocycles. The van der Waals surface area contributed by atoms with Crippen LogP contribution in [0.25, 0.3) is 0 Å². The lowest BCUT2D eigenvalue weighted by atomic mass is 10.0. The van der Waals surface area contributed by atoms with Gasteiger partial charge in [-0.1, -0.05) is 19.1 Å². The predicted molar refractivity (Wildman–Crippen MR) is 70.5 cm³/mol. The van der Waals surface area contributed by atoms with Gasteiger partial charge >= 0.3 is 0 Å². The number of amides is 1. The van der Waals surface area contributed by atoms with Crippen LogP contribution in [0.4, 0.5) is 5.69 Å². The van der Waals surface area contributed by atoms with Gasteiger partial charge in [0, 0.05) is 0 Å². The van der Waals surface area contributed by atoms with Crippen molar-refractivity contribution in [3.63, 3.8) is 0 Å². The number of hydrogen-bond acceptors (Lipinski definition) is 2. The molecule has 0 N–H and O–H groups in total. The van der Waals surface area contributed by atoms with Crippen molar-refractivity contribution in [3.8, 4) is 0 Å². The van der Waals surface area contributed by atoms with Crippen LogP contribution >= 0.6 is 11.6 Å². The molecule has 0 aromatic heterocycles. The maximum absolute atomic E-state index is 11.7. The van der Waals surface area contributed by atoms with Crippen LogP contribution in [0.2, 0.25) is 0 Å². The summed E-state index contributed by atoms with van der Waals surface area (Å²) in [6.07, 6.45) is 0.922. The second-order valence-electron chi connectivity index (χ2n) is 3.87. The van der Waals surface area contributed by atoms with Crippen molar-refractivity contribution >= 4 is 23.2 Å². The standard InChI is InChI=1S/C13H18ClNO2/c1-5-11-7-6-9(2)13(10(11)3)15(17-4)12(16)8-14/h6-7H,5,8H2,1-4H3. The highest BCUT2D eigenvalue weighted by Crippen LogP contribution is 2.28. The molecule has 1 rings (SSSR count). The largest absolute Gasteiger partial charge is 0.271 e. The lowest BCUT2D eigenvalue weighted by molar-refractivity contribution is -0.122. The Morgan fingerprint density at radius 2 is 2.06 bits per heavy atom. The molecule has 17 heavy (non-hydrogen) atoms. The maximum atomic E-state index is 11.7. The zero-order chi connectivity index (χ0) is 13.0. The minimum atomic E-state index is -0.256. The average molecular weight is 256 g/mol. The second-order valence-corrected chi connectivity index (χ2v) is 4.14. The zero-order valence-electron chi connectivity index (χ0n) is 10.7. The molecule has 0 radical (unpaired) electrons.